The van der Waals surface area contributed by atoms with Gasteiger partial charge in [0.05, 0.1) is 17.7 Å². The summed E-state index contributed by atoms with van der Waals surface area (Å²) in [4.78, 5) is 29.6. The maximum Gasteiger partial charge on any atom is 0.264 e. The predicted octanol–water partition coefficient (Wildman–Crippen LogP) is 6.39. The summed E-state index contributed by atoms with van der Waals surface area (Å²) in [5.41, 5.74) is 2.59. The van der Waals surface area contributed by atoms with Gasteiger partial charge in [0.1, 0.15) is 18.3 Å². The van der Waals surface area contributed by atoms with Crippen LogP contribution in [0, 0.1) is 6.92 Å². The average molecular weight is 713 g/mol. The molecule has 0 aliphatic heterocycles. The molecular weight excluding hydrogens is 678 g/mol. The summed E-state index contributed by atoms with van der Waals surface area (Å²) in [6.45, 7) is 3.46. The van der Waals surface area contributed by atoms with Crippen molar-refractivity contribution >= 4 is 55.1 Å². The first-order valence-electron chi connectivity index (χ1n) is 14.3. The summed E-state index contributed by atoms with van der Waals surface area (Å²) in [5.74, 6) is -0.713. The largest absolute Gasteiger partial charge is 0.495 e. The van der Waals surface area contributed by atoms with Crippen LogP contribution in [0.4, 0.5) is 5.69 Å². The molecule has 1 N–H and O–H groups in total. The van der Waals surface area contributed by atoms with Crippen LogP contribution in [0.2, 0.25) is 5.02 Å². The second kappa shape index (κ2) is 15.4. The Labute approximate surface area is 278 Å². The van der Waals surface area contributed by atoms with Gasteiger partial charge in [0.25, 0.3) is 10.0 Å². The Balaban J connectivity index is 1.84. The van der Waals surface area contributed by atoms with Gasteiger partial charge in [-0.25, -0.2) is 8.42 Å². The van der Waals surface area contributed by atoms with E-state index in [1.165, 1.54) is 30.2 Å². The number of likely N-dealkylation sites (N-methyl/N-ethyl adjacent to an activating group) is 1. The number of carbonyl (C=O) groups excluding carboxylic acids is 2. The number of carbonyl (C=O) groups is 2. The van der Waals surface area contributed by atoms with Crippen LogP contribution in [0.1, 0.15) is 23.6 Å². The monoisotopic (exact) mass is 711 g/mol. The van der Waals surface area contributed by atoms with Crippen molar-refractivity contribution in [3.8, 4) is 5.75 Å². The minimum Gasteiger partial charge on any atom is -0.495 e. The molecule has 8 nitrogen and oxygen atoms in total. The van der Waals surface area contributed by atoms with Crippen LogP contribution in [0.5, 0.6) is 5.75 Å². The minimum absolute atomic E-state index is 0.00745. The number of sulfonamides is 1. The summed E-state index contributed by atoms with van der Waals surface area (Å²) < 4.78 is 35.9. The molecule has 0 aliphatic carbocycles. The van der Waals surface area contributed by atoms with Crippen molar-refractivity contribution in [2.45, 2.75) is 37.8 Å². The van der Waals surface area contributed by atoms with E-state index >= 15 is 0 Å². The first kappa shape index (κ1) is 34.0. The topological polar surface area (TPSA) is 96.0 Å². The Bertz CT molecular complexity index is 1720. The highest BCUT2D eigenvalue weighted by molar-refractivity contribution is 9.10. The van der Waals surface area contributed by atoms with Gasteiger partial charge in [-0.15, -0.1) is 0 Å². The van der Waals surface area contributed by atoms with E-state index in [4.69, 9.17) is 16.3 Å². The van der Waals surface area contributed by atoms with Crippen LogP contribution in [-0.4, -0.2) is 51.4 Å². The number of rotatable bonds is 13. The van der Waals surface area contributed by atoms with E-state index in [9.17, 15) is 18.0 Å². The molecule has 0 saturated heterocycles. The highest BCUT2D eigenvalue weighted by Gasteiger charge is 2.35. The molecule has 0 aliphatic rings. The number of methoxy groups -OCH3 is 1. The van der Waals surface area contributed by atoms with Crippen molar-refractivity contribution in [1.82, 2.24) is 10.2 Å². The zero-order chi connectivity index (χ0) is 32.6. The van der Waals surface area contributed by atoms with Gasteiger partial charge in [-0.1, -0.05) is 87.7 Å². The lowest BCUT2D eigenvalue weighted by atomic mass is 10.0. The van der Waals surface area contributed by atoms with Crippen LogP contribution >= 0.6 is 27.5 Å². The van der Waals surface area contributed by atoms with Crippen LogP contribution in [-0.2, 0) is 32.6 Å². The third-order valence-electron chi connectivity index (χ3n) is 7.19. The number of halogens is 2. The van der Waals surface area contributed by atoms with Crippen molar-refractivity contribution < 1.29 is 22.7 Å². The molecule has 236 valence electrons. The first-order valence-corrected chi connectivity index (χ1v) is 16.9. The van der Waals surface area contributed by atoms with Crippen molar-refractivity contribution in [1.29, 1.82) is 0 Å². The number of benzene rings is 4. The Hall–Kier alpha value is -3.86. The van der Waals surface area contributed by atoms with Crippen molar-refractivity contribution in [2.24, 2.45) is 0 Å². The van der Waals surface area contributed by atoms with E-state index in [2.05, 4.69) is 21.2 Å². The normalized spacial score (nSPS) is 11.8. The van der Waals surface area contributed by atoms with Gasteiger partial charge in [-0.05, 0) is 67.4 Å². The van der Waals surface area contributed by atoms with Crippen molar-refractivity contribution in [2.75, 3.05) is 24.5 Å². The van der Waals surface area contributed by atoms with Gasteiger partial charge < -0.3 is 15.0 Å². The van der Waals surface area contributed by atoms with Gasteiger partial charge in [0.2, 0.25) is 11.8 Å². The Kier molecular flexibility index (Phi) is 11.7. The summed E-state index contributed by atoms with van der Waals surface area (Å²) >= 11 is 9.79. The van der Waals surface area contributed by atoms with Gasteiger partial charge >= 0.3 is 0 Å². The highest BCUT2D eigenvalue weighted by atomic mass is 79.9. The molecule has 45 heavy (non-hydrogen) atoms. The fourth-order valence-electron chi connectivity index (χ4n) is 4.84. The molecular formula is C34H35BrClN3O5S. The van der Waals surface area contributed by atoms with E-state index in [0.29, 0.717) is 6.54 Å². The number of anilines is 1. The summed E-state index contributed by atoms with van der Waals surface area (Å²) in [7, 11) is -2.89. The standard InChI is InChI=1S/C34H35BrClN3O5S/c1-4-37-34(41)31(20-25-8-6-5-7-9-25)38(22-26-12-14-27(35)15-13-26)33(40)23-39(30-21-28(36)16-19-32(30)44-3)45(42,43)29-17-10-24(2)11-18-29/h5-19,21,31H,4,20,22-23H2,1-3H3,(H,37,41). The second-order valence-corrected chi connectivity index (χ2v) is 13.6. The van der Waals surface area contributed by atoms with Crippen LogP contribution in [0.15, 0.2) is 106 Å². The zero-order valence-corrected chi connectivity index (χ0v) is 28.4. The zero-order valence-electron chi connectivity index (χ0n) is 25.2. The van der Waals surface area contributed by atoms with Crippen LogP contribution in [0.25, 0.3) is 0 Å². The molecule has 1 unspecified atom stereocenters. The van der Waals surface area contributed by atoms with Crippen molar-refractivity contribution in [3.05, 3.63) is 123 Å². The number of hydrogen-bond acceptors (Lipinski definition) is 5. The van der Waals surface area contributed by atoms with Gasteiger partial charge in [-0.2, -0.15) is 0 Å². The number of aryl methyl sites for hydroxylation is 1. The van der Waals surface area contributed by atoms with Crippen molar-refractivity contribution in [3.63, 3.8) is 0 Å². The maximum atomic E-state index is 14.5. The number of nitrogens with zero attached hydrogens (tertiary/aromatic N) is 2. The number of ether oxygens (including phenoxy) is 1. The first-order chi connectivity index (χ1) is 21.5. The number of amides is 2. The summed E-state index contributed by atoms with van der Waals surface area (Å²) in [5, 5.41) is 3.12. The number of hydrogen-bond donors (Lipinski definition) is 1. The SMILES string of the molecule is CCNC(=O)C(Cc1ccccc1)N(Cc1ccc(Br)cc1)C(=O)CN(c1cc(Cl)ccc1OC)S(=O)(=O)c1ccc(C)cc1. The molecule has 1 atom stereocenters. The van der Waals surface area contributed by atoms with Gasteiger partial charge in [0.15, 0.2) is 0 Å². The molecule has 11 heteroatoms. The molecule has 0 heterocycles. The van der Waals surface area contributed by atoms with Crippen LogP contribution in [0.3, 0.4) is 0 Å². The number of nitrogens with one attached hydrogen (secondary N) is 1. The minimum atomic E-state index is -4.30. The van der Waals surface area contributed by atoms with E-state index in [1.54, 1.807) is 31.2 Å². The average Bonchev–Trinajstić information content (AvgIpc) is 3.03. The lowest BCUT2D eigenvalue weighted by Gasteiger charge is -2.34. The van der Waals surface area contributed by atoms with Crippen LogP contribution < -0.4 is 14.4 Å². The molecule has 0 radical (unpaired) electrons. The molecule has 0 saturated carbocycles. The molecule has 4 aromatic rings. The van der Waals surface area contributed by atoms with E-state index in [-0.39, 0.29) is 40.2 Å². The molecule has 2 amide bonds. The summed E-state index contributed by atoms with van der Waals surface area (Å²) in [6.07, 6.45) is 0.222. The Morgan fingerprint density at radius 1 is 0.933 bits per heavy atom. The summed E-state index contributed by atoms with van der Waals surface area (Å²) in [6, 6.07) is 26.8. The van der Waals surface area contributed by atoms with E-state index in [0.717, 1.165) is 25.5 Å². The highest BCUT2D eigenvalue weighted by Crippen LogP contribution is 2.35. The fourth-order valence-corrected chi connectivity index (χ4v) is 6.69. The quantitative estimate of drug-likeness (QED) is 0.173. The molecule has 4 rings (SSSR count). The Morgan fingerprint density at radius 2 is 1.60 bits per heavy atom. The third-order valence-corrected chi connectivity index (χ3v) is 9.72. The molecule has 0 spiro atoms. The molecule has 0 aromatic heterocycles. The molecule has 0 fully saturated rings. The fraction of sp³-hybridized carbons (Fsp3) is 0.235. The second-order valence-electron chi connectivity index (χ2n) is 10.4. The maximum absolute atomic E-state index is 14.5. The smallest absolute Gasteiger partial charge is 0.264 e. The van der Waals surface area contributed by atoms with Gasteiger partial charge in [-0.3, -0.25) is 13.9 Å². The van der Waals surface area contributed by atoms with E-state index in [1.807, 2.05) is 61.5 Å². The van der Waals surface area contributed by atoms with E-state index < -0.39 is 28.5 Å². The molecule has 0 bridgehead atoms. The lowest BCUT2D eigenvalue weighted by molar-refractivity contribution is -0.140. The third kappa shape index (κ3) is 8.65. The Morgan fingerprint density at radius 3 is 2.22 bits per heavy atom. The lowest BCUT2D eigenvalue weighted by Crippen LogP contribution is -2.53. The molecule has 4 aromatic carbocycles. The predicted molar refractivity (Wildman–Crippen MR) is 181 cm³/mol. The van der Waals surface area contributed by atoms with Gasteiger partial charge in [0, 0.05) is 29.0 Å².